The molecular formula is C24H27N5O4. The first-order chi connectivity index (χ1) is 16.1. The number of aromatic nitrogens is 1. The van der Waals surface area contributed by atoms with Gasteiger partial charge in [0.15, 0.2) is 0 Å². The number of carbonyl (C=O) groups excluding carboxylic acids is 3. The first-order valence-corrected chi connectivity index (χ1v) is 11.4. The Kier molecular flexibility index (Phi) is 5.95. The number of hydrogen-bond acceptors (Lipinski definition) is 7. The number of benzene rings is 1. The molecular weight excluding hydrogens is 422 g/mol. The fraction of sp³-hybridized carbons (Fsp3) is 0.417. The molecule has 0 radical (unpaired) electrons. The second-order valence-corrected chi connectivity index (χ2v) is 8.66. The third kappa shape index (κ3) is 4.54. The maximum absolute atomic E-state index is 13.2. The summed E-state index contributed by atoms with van der Waals surface area (Å²) < 4.78 is 5.95. The summed E-state index contributed by atoms with van der Waals surface area (Å²) in [6.45, 7) is 2.75. The van der Waals surface area contributed by atoms with Crippen molar-refractivity contribution < 1.29 is 19.1 Å². The van der Waals surface area contributed by atoms with E-state index in [0.29, 0.717) is 31.0 Å². The second kappa shape index (κ2) is 9.19. The SMILES string of the molecule is O=C1CCC(N2Cc3cccc(CNc4ccc(OC5CCNCC5)nc4)c3C2=O)C(=O)N1. The topological polar surface area (TPSA) is 113 Å². The van der Waals surface area contributed by atoms with E-state index in [9.17, 15) is 14.4 Å². The molecule has 1 unspecified atom stereocenters. The zero-order valence-corrected chi connectivity index (χ0v) is 18.3. The molecule has 33 heavy (non-hydrogen) atoms. The van der Waals surface area contributed by atoms with Crippen molar-refractivity contribution in [2.75, 3.05) is 18.4 Å². The van der Waals surface area contributed by atoms with Crippen LogP contribution in [0.15, 0.2) is 36.5 Å². The van der Waals surface area contributed by atoms with Crippen molar-refractivity contribution in [1.82, 2.24) is 20.5 Å². The van der Waals surface area contributed by atoms with Crippen LogP contribution in [0.2, 0.25) is 0 Å². The summed E-state index contributed by atoms with van der Waals surface area (Å²) in [5.41, 5.74) is 3.22. The molecule has 3 N–H and O–H groups in total. The number of carbonyl (C=O) groups is 3. The Bertz CT molecular complexity index is 1070. The number of pyridine rings is 1. The fourth-order valence-electron chi connectivity index (χ4n) is 4.67. The largest absolute Gasteiger partial charge is 0.474 e. The highest BCUT2D eigenvalue weighted by Gasteiger charge is 2.39. The van der Waals surface area contributed by atoms with Crippen molar-refractivity contribution in [3.05, 3.63) is 53.2 Å². The molecule has 2 aromatic rings. The summed E-state index contributed by atoms with van der Waals surface area (Å²) in [4.78, 5) is 42.9. The van der Waals surface area contributed by atoms with Gasteiger partial charge >= 0.3 is 0 Å². The van der Waals surface area contributed by atoms with Crippen LogP contribution in [-0.2, 0) is 22.7 Å². The van der Waals surface area contributed by atoms with Gasteiger partial charge in [0.25, 0.3) is 5.91 Å². The highest BCUT2D eigenvalue weighted by Crippen LogP contribution is 2.30. The number of rotatable bonds is 6. The number of anilines is 1. The Morgan fingerprint density at radius 2 is 1.94 bits per heavy atom. The molecule has 3 amide bonds. The molecule has 1 atom stereocenters. The van der Waals surface area contributed by atoms with Gasteiger partial charge in [0.05, 0.1) is 11.9 Å². The van der Waals surface area contributed by atoms with E-state index in [2.05, 4.69) is 20.9 Å². The highest BCUT2D eigenvalue weighted by atomic mass is 16.5. The fourth-order valence-corrected chi connectivity index (χ4v) is 4.67. The maximum Gasteiger partial charge on any atom is 0.255 e. The molecule has 1 aromatic carbocycles. The molecule has 0 saturated carbocycles. The summed E-state index contributed by atoms with van der Waals surface area (Å²) >= 11 is 0. The molecule has 0 bridgehead atoms. The van der Waals surface area contributed by atoms with Gasteiger partial charge in [-0.2, -0.15) is 0 Å². The monoisotopic (exact) mass is 449 g/mol. The summed E-state index contributed by atoms with van der Waals surface area (Å²) in [5.74, 6) is -0.236. The van der Waals surface area contributed by atoms with Gasteiger partial charge in [0, 0.05) is 31.1 Å². The van der Waals surface area contributed by atoms with Gasteiger partial charge in [0.1, 0.15) is 12.1 Å². The van der Waals surface area contributed by atoms with Crippen molar-refractivity contribution in [2.24, 2.45) is 0 Å². The number of ether oxygens (including phenoxy) is 1. The summed E-state index contributed by atoms with van der Waals surface area (Å²) in [5, 5.41) is 8.99. The maximum atomic E-state index is 13.2. The minimum atomic E-state index is -0.611. The van der Waals surface area contributed by atoms with Gasteiger partial charge in [0.2, 0.25) is 17.7 Å². The molecule has 3 aliphatic heterocycles. The first-order valence-electron chi connectivity index (χ1n) is 11.4. The Balaban J connectivity index is 1.23. The number of piperidine rings is 2. The minimum absolute atomic E-state index is 0.166. The van der Waals surface area contributed by atoms with Gasteiger partial charge in [-0.05, 0) is 49.5 Å². The van der Waals surface area contributed by atoms with E-state index in [4.69, 9.17) is 4.74 Å². The first kappa shape index (κ1) is 21.4. The number of nitrogens with one attached hydrogen (secondary N) is 3. The van der Waals surface area contributed by atoms with Crippen LogP contribution in [0, 0.1) is 0 Å². The Labute approximate surface area is 191 Å². The third-order valence-electron chi connectivity index (χ3n) is 6.43. The Morgan fingerprint density at radius 1 is 1.09 bits per heavy atom. The average molecular weight is 450 g/mol. The van der Waals surface area contributed by atoms with E-state index in [1.807, 2.05) is 30.3 Å². The van der Waals surface area contributed by atoms with E-state index in [1.54, 1.807) is 11.1 Å². The van der Waals surface area contributed by atoms with Crippen LogP contribution in [0.4, 0.5) is 5.69 Å². The molecule has 9 heteroatoms. The van der Waals surface area contributed by atoms with Crippen molar-refractivity contribution in [3.63, 3.8) is 0 Å². The zero-order valence-electron chi connectivity index (χ0n) is 18.3. The smallest absolute Gasteiger partial charge is 0.255 e. The lowest BCUT2D eigenvalue weighted by atomic mass is 10.0. The van der Waals surface area contributed by atoms with E-state index in [1.165, 1.54) is 0 Å². The molecule has 2 fully saturated rings. The molecule has 172 valence electrons. The van der Waals surface area contributed by atoms with Gasteiger partial charge in [-0.15, -0.1) is 0 Å². The minimum Gasteiger partial charge on any atom is -0.474 e. The van der Waals surface area contributed by atoms with Crippen molar-refractivity contribution in [3.8, 4) is 5.88 Å². The van der Waals surface area contributed by atoms with Crippen LogP contribution in [0.3, 0.4) is 0 Å². The summed E-state index contributed by atoms with van der Waals surface area (Å²) in [7, 11) is 0. The number of fused-ring (bicyclic) bond motifs is 1. The van der Waals surface area contributed by atoms with Crippen LogP contribution in [0.5, 0.6) is 5.88 Å². The van der Waals surface area contributed by atoms with Crippen LogP contribution in [-0.4, -0.2) is 52.8 Å². The lowest BCUT2D eigenvalue weighted by molar-refractivity contribution is -0.136. The Hall–Kier alpha value is -3.46. The molecule has 4 heterocycles. The molecule has 0 aliphatic carbocycles. The van der Waals surface area contributed by atoms with Crippen LogP contribution >= 0.6 is 0 Å². The quantitative estimate of drug-likeness (QED) is 0.574. The Morgan fingerprint density at radius 3 is 2.70 bits per heavy atom. The lowest BCUT2D eigenvalue weighted by Gasteiger charge is -2.29. The predicted molar refractivity (Wildman–Crippen MR) is 121 cm³/mol. The standard InChI is InChI=1S/C24H27N5O4/c30-20-6-5-19(23(31)28-20)29-14-16-3-1-2-15(22(16)24(29)32)12-26-17-4-7-21(27-13-17)33-18-8-10-25-11-9-18/h1-4,7,13,18-19,25-26H,5-6,8-12,14H2,(H,28,30,31). The second-order valence-electron chi connectivity index (χ2n) is 8.66. The lowest BCUT2D eigenvalue weighted by Crippen LogP contribution is -2.52. The average Bonchev–Trinajstić information content (AvgIpc) is 3.16. The highest BCUT2D eigenvalue weighted by molar-refractivity contribution is 6.06. The molecule has 1 aromatic heterocycles. The summed E-state index contributed by atoms with van der Waals surface area (Å²) in [6, 6.07) is 8.92. The third-order valence-corrected chi connectivity index (χ3v) is 6.43. The van der Waals surface area contributed by atoms with Gasteiger partial charge in [-0.25, -0.2) is 4.98 Å². The van der Waals surface area contributed by atoms with Gasteiger partial charge < -0.3 is 20.3 Å². The molecule has 5 rings (SSSR count). The predicted octanol–water partition coefficient (Wildman–Crippen LogP) is 1.59. The van der Waals surface area contributed by atoms with Crippen molar-refractivity contribution in [2.45, 2.75) is 50.9 Å². The molecule has 3 aliphatic rings. The van der Waals surface area contributed by atoms with Crippen molar-refractivity contribution in [1.29, 1.82) is 0 Å². The van der Waals surface area contributed by atoms with Crippen LogP contribution < -0.4 is 20.7 Å². The van der Waals surface area contributed by atoms with Crippen molar-refractivity contribution >= 4 is 23.4 Å². The van der Waals surface area contributed by atoms with E-state index < -0.39 is 11.9 Å². The van der Waals surface area contributed by atoms with E-state index in [0.717, 1.165) is 42.7 Å². The number of hydrogen-bond donors (Lipinski definition) is 3. The number of nitrogens with zero attached hydrogens (tertiary/aromatic N) is 2. The zero-order chi connectivity index (χ0) is 22.8. The normalized spacial score (nSPS) is 21.0. The van der Waals surface area contributed by atoms with Crippen LogP contribution in [0.25, 0.3) is 0 Å². The molecule has 2 saturated heterocycles. The van der Waals surface area contributed by atoms with E-state index >= 15 is 0 Å². The van der Waals surface area contributed by atoms with Crippen LogP contribution in [0.1, 0.15) is 47.2 Å². The van der Waals surface area contributed by atoms with Gasteiger partial charge in [-0.1, -0.05) is 18.2 Å². The van der Waals surface area contributed by atoms with Gasteiger partial charge in [-0.3, -0.25) is 19.7 Å². The number of imide groups is 1. The molecule has 0 spiro atoms. The number of amides is 3. The summed E-state index contributed by atoms with van der Waals surface area (Å²) in [6.07, 6.45) is 4.49. The van der Waals surface area contributed by atoms with E-state index in [-0.39, 0.29) is 24.3 Å². The molecule has 9 nitrogen and oxygen atoms in total.